The number of hydrogen-bond donors (Lipinski definition) is 1. The Kier molecular flexibility index (Phi) is 4.71. The SMILES string of the molecule is CCOC(=O)CCn1cc(-c2ccc(C(=O)O)cc2)cn1. The fourth-order valence-corrected chi connectivity index (χ4v) is 1.88. The summed E-state index contributed by atoms with van der Waals surface area (Å²) in [5.74, 6) is -1.20. The number of nitrogens with zero attached hydrogens (tertiary/aromatic N) is 2. The molecule has 0 atom stereocenters. The van der Waals surface area contributed by atoms with E-state index in [1.54, 1.807) is 42.1 Å². The van der Waals surface area contributed by atoms with Crippen LogP contribution < -0.4 is 0 Å². The maximum Gasteiger partial charge on any atom is 0.335 e. The molecule has 0 aliphatic heterocycles. The number of aromatic carboxylic acids is 1. The van der Waals surface area contributed by atoms with Crippen LogP contribution in [0.5, 0.6) is 0 Å². The molecular formula is C15H16N2O4. The minimum Gasteiger partial charge on any atom is -0.478 e. The number of ether oxygens (including phenoxy) is 1. The maximum absolute atomic E-state index is 11.3. The van der Waals surface area contributed by atoms with E-state index in [0.29, 0.717) is 13.2 Å². The predicted octanol–water partition coefficient (Wildman–Crippen LogP) is 2.20. The first kappa shape index (κ1) is 14.8. The molecule has 1 aromatic carbocycles. The van der Waals surface area contributed by atoms with Gasteiger partial charge in [0.25, 0.3) is 0 Å². The number of carboxylic acid groups (broad SMARTS) is 1. The molecule has 0 aliphatic carbocycles. The highest BCUT2D eigenvalue weighted by molar-refractivity contribution is 5.88. The largest absolute Gasteiger partial charge is 0.478 e. The molecule has 1 heterocycles. The molecule has 0 saturated carbocycles. The van der Waals surface area contributed by atoms with Gasteiger partial charge in [-0.25, -0.2) is 4.79 Å². The number of benzene rings is 1. The first-order valence-electron chi connectivity index (χ1n) is 6.62. The van der Waals surface area contributed by atoms with Gasteiger partial charge in [-0.15, -0.1) is 0 Å². The summed E-state index contributed by atoms with van der Waals surface area (Å²) in [6, 6.07) is 6.56. The molecule has 0 unspecified atom stereocenters. The number of rotatable bonds is 6. The molecule has 110 valence electrons. The van der Waals surface area contributed by atoms with Crippen molar-refractivity contribution < 1.29 is 19.4 Å². The van der Waals surface area contributed by atoms with Crippen LogP contribution in [-0.2, 0) is 16.1 Å². The molecule has 21 heavy (non-hydrogen) atoms. The van der Waals surface area contributed by atoms with E-state index in [0.717, 1.165) is 11.1 Å². The van der Waals surface area contributed by atoms with Gasteiger partial charge in [-0.2, -0.15) is 5.10 Å². The molecule has 6 heteroatoms. The molecule has 0 fully saturated rings. The van der Waals surface area contributed by atoms with Crippen molar-refractivity contribution >= 4 is 11.9 Å². The summed E-state index contributed by atoms with van der Waals surface area (Å²) < 4.78 is 6.52. The van der Waals surface area contributed by atoms with Gasteiger partial charge in [-0.05, 0) is 24.6 Å². The zero-order valence-electron chi connectivity index (χ0n) is 11.7. The van der Waals surface area contributed by atoms with Crippen LogP contribution in [0.2, 0.25) is 0 Å². The van der Waals surface area contributed by atoms with Gasteiger partial charge in [0.15, 0.2) is 0 Å². The van der Waals surface area contributed by atoms with E-state index in [1.807, 2.05) is 6.20 Å². The third-order valence-electron chi connectivity index (χ3n) is 2.95. The zero-order chi connectivity index (χ0) is 15.2. The molecule has 2 rings (SSSR count). The standard InChI is InChI=1S/C15H16N2O4/c1-2-21-14(18)7-8-17-10-13(9-16-17)11-3-5-12(6-4-11)15(19)20/h3-6,9-10H,2,7-8H2,1H3,(H,19,20). The topological polar surface area (TPSA) is 81.4 Å². The fourth-order valence-electron chi connectivity index (χ4n) is 1.88. The fraction of sp³-hybridized carbons (Fsp3) is 0.267. The Morgan fingerprint density at radius 1 is 1.24 bits per heavy atom. The lowest BCUT2D eigenvalue weighted by molar-refractivity contribution is -0.143. The highest BCUT2D eigenvalue weighted by Crippen LogP contribution is 2.19. The lowest BCUT2D eigenvalue weighted by Gasteiger charge is -2.02. The molecule has 1 aromatic heterocycles. The maximum atomic E-state index is 11.3. The van der Waals surface area contributed by atoms with Crippen molar-refractivity contribution in [3.05, 3.63) is 42.2 Å². The van der Waals surface area contributed by atoms with E-state index in [9.17, 15) is 9.59 Å². The summed E-state index contributed by atoms with van der Waals surface area (Å²) in [7, 11) is 0. The Hall–Kier alpha value is -2.63. The van der Waals surface area contributed by atoms with Crippen molar-refractivity contribution in [3.8, 4) is 11.1 Å². The molecule has 2 aromatic rings. The van der Waals surface area contributed by atoms with Gasteiger partial charge < -0.3 is 9.84 Å². The average Bonchev–Trinajstić information content (AvgIpc) is 2.94. The molecule has 0 saturated heterocycles. The first-order chi connectivity index (χ1) is 10.1. The van der Waals surface area contributed by atoms with Crippen molar-refractivity contribution in [1.82, 2.24) is 9.78 Å². The van der Waals surface area contributed by atoms with Gasteiger partial charge >= 0.3 is 11.9 Å². The van der Waals surface area contributed by atoms with Gasteiger partial charge in [0, 0.05) is 11.8 Å². The highest BCUT2D eigenvalue weighted by Gasteiger charge is 2.07. The van der Waals surface area contributed by atoms with E-state index in [4.69, 9.17) is 9.84 Å². The van der Waals surface area contributed by atoms with Crippen LogP contribution in [0.4, 0.5) is 0 Å². The van der Waals surface area contributed by atoms with Crippen LogP contribution in [-0.4, -0.2) is 33.4 Å². The van der Waals surface area contributed by atoms with E-state index >= 15 is 0 Å². The molecule has 1 N–H and O–H groups in total. The number of carbonyl (C=O) groups is 2. The molecule has 0 bridgehead atoms. The molecule has 0 radical (unpaired) electrons. The Bertz CT molecular complexity index is 631. The van der Waals surface area contributed by atoms with E-state index < -0.39 is 5.97 Å². The van der Waals surface area contributed by atoms with Crippen molar-refractivity contribution in [2.75, 3.05) is 6.61 Å². The normalized spacial score (nSPS) is 10.3. The smallest absolute Gasteiger partial charge is 0.335 e. The summed E-state index contributed by atoms with van der Waals surface area (Å²) in [6.07, 6.45) is 3.77. The van der Waals surface area contributed by atoms with Gasteiger partial charge in [0.05, 0.1) is 31.3 Å². The molecular weight excluding hydrogens is 272 g/mol. The first-order valence-corrected chi connectivity index (χ1v) is 6.62. The quantitative estimate of drug-likeness (QED) is 0.824. The number of hydrogen-bond acceptors (Lipinski definition) is 4. The van der Waals surface area contributed by atoms with Crippen molar-refractivity contribution in [1.29, 1.82) is 0 Å². The van der Waals surface area contributed by atoms with Crippen LogP contribution in [0, 0.1) is 0 Å². The Morgan fingerprint density at radius 2 is 1.95 bits per heavy atom. The minimum absolute atomic E-state index is 0.244. The third-order valence-corrected chi connectivity index (χ3v) is 2.95. The third kappa shape index (κ3) is 3.92. The monoisotopic (exact) mass is 288 g/mol. The Labute approximate surface area is 122 Å². The van der Waals surface area contributed by atoms with Crippen LogP contribution in [0.3, 0.4) is 0 Å². The Morgan fingerprint density at radius 3 is 2.57 bits per heavy atom. The number of esters is 1. The number of aryl methyl sites for hydroxylation is 1. The second-order valence-corrected chi connectivity index (χ2v) is 4.43. The summed E-state index contributed by atoms with van der Waals surface area (Å²) in [4.78, 5) is 22.1. The van der Waals surface area contributed by atoms with Crippen LogP contribution >= 0.6 is 0 Å². The van der Waals surface area contributed by atoms with Crippen molar-refractivity contribution in [2.24, 2.45) is 0 Å². The molecule has 0 spiro atoms. The van der Waals surface area contributed by atoms with Crippen LogP contribution in [0.15, 0.2) is 36.7 Å². The lowest BCUT2D eigenvalue weighted by Crippen LogP contribution is -2.09. The lowest BCUT2D eigenvalue weighted by atomic mass is 10.1. The molecule has 6 nitrogen and oxygen atoms in total. The molecule has 0 aliphatic rings. The summed E-state index contributed by atoms with van der Waals surface area (Å²) in [5, 5.41) is 13.0. The zero-order valence-corrected chi connectivity index (χ0v) is 11.7. The highest BCUT2D eigenvalue weighted by atomic mass is 16.5. The van der Waals surface area contributed by atoms with Gasteiger partial charge in [-0.3, -0.25) is 9.48 Å². The Balaban J connectivity index is 2.02. The average molecular weight is 288 g/mol. The minimum atomic E-state index is -0.952. The van der Waals surface area contributed by atoms with E-state index in [-0.39, 0.29) is 18.0 Å². The number of aromatic nitrogens is 2. The predicted molar refractivity (Wildman–Crippen MR) is 75.9 cm³/mol. The number of carboxylic acids is 1. The van der Waals surface area contributed by atoms with Crippen LogP contribution in [0.25, 0.3) is 11.1 Å². The van der Waals surface area contributed by atoms with Gasteiger partial charge in [-0.1, -0.05) is 12.1 Å². The second-order valence-electron chi connectivity index (χ2n) is 4.43. The second kappa shape index (κ2) is 6.69. The van der Waals surface area contributed by atoms with Crippen molar-refractivity contribution in [3.63, 3.8) is 0 Å². The summed E-state index contributed by atoms with van der Waals surface area (Å²) in [6.45, 7) is 2.59. The van der Waals surface area contributed by atoms with Gasteiger partial charge in [0.1, 0.15) is 0 Å². The molecule has 0 amide bonds. The van der Waals surface area contributed by atoms with E-state index in [1.165, 1.54) is 0 Å². The summed E-state index contributed by atoms with van der Waals surface area (Å²) in [5.41, 5.74) is 1.99. The van der Waals surface area contributed by atoms with Crippen LogP contribution in [0.1, 0.15) is 23.7 Å². The summed E-state index contributed by atoms with van der Waals surface area (Å²) >= 11 is 0. The number of carbonyl (C=O) groups excluding carboxylic acids is 1. The van der Waals surface area contributed by atoms with Gasteiger partial charge in [0.2, 0.25) is 0 Å². The van der Waals surface area contributed by atoms with E-state index in [2.05, 4.69) is 5.10 Å². The van der Waals surface area contributed by atoms with Crippen molar-refractivity contribution in [2.45, 2.75) is 19.9 Å².